The Hall–Kier alpha value is -0.680. The van der Waals surface area contributed by atoms with Gasteiger partial charge in [-0.2, -0.15) is 4.37 Å². The Balaban J connectivity index is 1.85. The van der Waals surface area contributed by atoms with Crippen molar-refractivity contribution < 1.29 is 4.74 Å². The molecule has 17 heavy (non-hydrogen) atoms. The minimum atomic E-state index is 0.390. The first-order chi connectivity index (χ1) is 8.20. The molecule has 1 fully saturated rings. The summed E-state index contributed by atoms with van der Waals surface area (Å²) in [6, 6.07) is 0. The summed E-state index contributed by atoms with van der Waals surface area (Å²) in [5, 5.41) is 4.33. The predicted octanol–water partition coefficient (Wildman–Crippen LogP) is 2.57. The van der Waals surface area contributed by atoms with Crippen molar-refractivity contribution in [2.24, 2.45) is 11.8 Å². The molecule has 2 atom stereocenters. The Morgan fingerprint density at radius 1 is 1.53 bits per heavy atom. The first kappa shape index (κ1) is 12.8. The monoisotopic (exact) mass is 255 g/mol. The molecule has 0 aromatic carbocycles. The van der Waals surface area contributed by atoms with E-state index < -0.39 is 0 Å². The maximum Gasteiger partial charge on any atom is 0.202 e. The molecule has 1 aliphatic rings. The molecule has 0 amide bonds. The number of hydrogen-bond donors (Lipinski definition) is 1. The van der Waals surface area contributed by atoms with E-state index in [0.29, 0.717) is 17.9 Å². The zero-order valence-corrected chi connectivity index (χ0v) is 11.6. The summed E-state index contributed by atoms with van der Waals surface area (Å²) in [4.78, 5) is 4.42. The van der Waals surface area contributed by atoms with E-state index in [1.165, 1.54) is 11.5 Å². The van der Waals surface area contributed by atoms with Crippen LogP contribution in [0.2, 0.25) is 0 Å². The van der Waals surface area contributed by atoms with Gasteiger partial charge in [-0.25, -0.2) is 4.98 Å². The third kappa shape index (κ3) is 3.16. The predicted molar refractivity (Wildman–Crippen MR) is 70.5 cm³/mol. The second-order valence-corrected chi connectivity index (χ2v) is 5.63. The molecule has 1 aromatic heterocycles. The molecule has 5 heteroatoms. The fourth-order valence-electron chi connectivity index (χ4n) is 2.30. The largest absolute Gasteiger partial charge is 0.378 e. The molecule has 96 valence electrons. The lowest BCUT2D eigenvalue weighted by atomic mass is 9.93. The normalized spacial score (nSPS) is 24.5. The highest BCUT2D eigenvalue weighted by atomic mass is 32.1. The summed E-state index contributed by atoms with van der Waals surface area (Å²) >= 11 is 1.45. The van der Waals surface area contributed by atoms with Gasteiger partial charge in [-0.1, -0.05) is 20.8 Å². The van der Waals surface area contributed by atoms with Gasteiger partial charge < -0.3 is 10.1 Å². The number of ether oxygens (including phenoxy) is 1. The van der Waals surface area contributed by atoms with E-state index in [-0.39, 0.29) is 0 Å². The number of aryl methyl sites for hydroxylation is 1. The molecule has 2 rings (SSSR count). The highest BCUT2D eigenvalue weighted by molar-refractivity contribution is 7.09. The molecule has 1 saturated heterocycles. The van der Waals surface area contributed by atoms with Crippen LogP contribution in [0, 0.1) is 11.8 Å². The Morgan fingerprint density at radius 3 is 3.00 bits per heavy atom. The molecule has 1 aromatic rings. The van der Waals surface area contributed by atoms with Crippen LogP contribution in [0.5, 0.6) is 0 Å². The number of aromatic nitrogens is 2. The van der Waals surface area contributed by atoms with Gasteiger partial charge >= 0.3 is 0 Å². The summed E-state index contributed by atoms with van der Waals surface area (Å²) in [6.07, 6.45) is 2.44. The van der Waals surface area contributed by atoms with Crippen LogP contribution in [-0.2, 0) is 11.2 Å². The van der Waals surface area contributed by atoms with Crippen molar-refractivity contribution >= 4 is 16.7 Å². The zero-order valence-electron chi connectivity index (χ0n) is 10.8. The summed E-state index contributed by atoms with van der Waals surface area (Å²) in [5.41, 5.74) is 0. The van der Waals surface area contributed by atoms with E-state index in [0.717, 1.165) is 36.9 Å². The molecular formula is C12H21N3OS. The van der Waals surface area contributed by atoms with Crippen molar-refractivity contribution in [3.8, 4) is 0 Å². The highest BCUT2D eigenvalue weighted by Crippen LogP contribution is 2.27. The van der Waals surface area contributed by atoms with Gasteiger partial charge in [-0.05, 0) is 12.3 Å². The number of anilines is 1. The van der Waals surface area contributed by atoms with E-state index in [1.807, 2.05) is 0 Å². The molecular weight excluding hydrogens is 234 g/mol. The smallest absolute Gasteiger partial charge is 0.202 e. The lowest BCUT2D eigenvalue weighted by molar-refractivity contribution is 0.0566. The number of nitrogens with zero attached hydrogens (tertiary/aromatic N) is 2. The number of nitrogens with one attached hydrogen (secondary N) is 1. The van der Waals surface area contributed by atoms with E-state index >= 15 is 0 Å². The lowest BCUT2D eigenvalue weighted by Crippen LogP contribution is -2.27. The van der Waals surface area contributed by atoms with E-state index in [1.54, 1.807) is 0 Å². The first-order valence-electron chi connectivity index (χ1n) is 6.38. The maximum atomic E-state index is 5.77. The van der Waals surface area contributed by atoms with E-state index in [4.69, 9.17) is 4.74 Å². The van der Waals surface area contributed by atoms with Crippen LogP contribution >= 0.6 is 11.5 Å². The second kappa shape index (κ2) is 5.78. The Kier molecular flexibility index (Phi) is 4.34. The van der Waals surface area contributed by atoms with Crippen molar-refractivity contribution in [1.82, 2.24) is 9.36 Å². The fraction of sp³-hybridized carbons (Fsp3) is 0.833. The fourth-order valence-corrected chi connectivity index (χ4v) is 2.95. The van der Waals surface area contributed by atoms with Crippen LogP contribution < -0.4 is 5.32 Å². The Morgan fingerprint density at radius 2 is 2.35 bits per heavy atom. The molecule has 0 spiro atoms. The van der Waals surface area contributed by atoms with Gasteiger partial charge in [0.2, 0.25) is 5.13 Å². The van der Waals surface area contributed by atoms with Crippen LogP contribution in [0.1, 0.15) is 33.0 Å². The van der Waals surface area contributed by atoms with Crippen molar-refractivity contribution in [2.75, 3.05) is 18.5 Å². The summed E-state index contributed by atoms with van der Waals surface area (Å²) in [5.74, 6) is 2.12. The van der Waals surface area contributed by atoms with Gasteiger partial charge in [-0.3, -0.25) is 0 Å². The molecule has 0 unspecified atom stereocenters. The molecule has 0 bridgehead atoms. The topological polar surface area (TPSA) is 47.0 Å². The summed E-state index contributed by atoms with van der Waals surface area (Å²) in [6.45, 7) is 8.37. The molecule has 2 heterocycles. The van der Waals surface area contributed by atoms with Crippen molar-refractivity contribution in [1.29, 1.82) is 0 Å². The minimum Gasteiger partial charge on any atom is -0.378 e. The quantitative estimate of drug-likeness (QED) is 0.878. The molecule has 0 aliphatic carbocycles. The highest BCUT2D eigenvalue weighted by Gasteiger charge is 2.30. The van der Waals surface area contributed by atoms with Gasteiger partial charge in [0.05, 0.1) is 6.10 Å². The first-order valence-corrected chi connectivity index (χ1v) is 7.16. The van der Waals surface area contributed by atoms with Gasteiger partial charge in [0.1, 0.15) is 5.82 Å². The third-order valence-corrected chi connectivity index (χ3v) is 3.93. The van der Waals surface area contributed by atoms with E-state index in [2.05, 4.69) is 35.4 Å². The average Bonchev–Trinajstić information content (AvgIpc) is 2.95. The van der Waals surface area contributed by atoms with Crippen molar-refractivity contribution in [3.63, 3.8) is 0 Å². The van der Waals surface area contributed by atoms with E-state index in [9.17, 15) is 0 Å². The lowest BCUT2D eigenvalue weighted by Gasteiger charge is -2.21. The molecule has 0 saturated carbocycles. The standard InChI is InChI=1S/C12H21N3OS/c1-4-10-14-12(17-15-10)13-7-9-5-6-16-11(9)8(2)3/h8-9,11H,4-7H2,1-3H3,(H,13,14,15)/t9-,11-/m1/s1. The van der Waals surface area contributed by atoms with Crippen LogP contribution in [0.25, 0.3) is 0 Å². The number of hydrogen-bond acceptors (Lipinski definition) is 5. The van der Waals surface area contributed by atoms with Crippen LogP contribution in [-0.4, -0.2) is 28.6 Å². The van der Waals surface area contributed by atoms with Crippen LogP contribution in [0.4, 0.5) is 5.13 Å². The average molecular weight is 255 g/mol. The van der Waals surface area contributed by atoms with Gasteiger partial charge in [0.25, 0.3) is 0 Å². The Labute approximate surface area is 107 Å². The van der Waals surface area contributed by atoms with Gasteiger partial charge in [-0.15, -0.1) is 0 Å². The van der Waals surface area contributed by atoms with Crippen LogP contribution in [0.15, 0.2) is 0 Å². The second-order valence-electron chi connectivity index (χ2n) is 4.88. The summed E-state index contributed by atoms with van der Waals surface area (Å²) in [7, 11) is 0. The summed E-state index contributed by atoms with van der Waals surface area (Å²) < 4.78 is 10.0. The zero-order chi connectivity index (χ0) is 12.3. The van der Waals surface area contributed by atoms with Crippen molar-refractivity contribution in [2.45, 2.75) is 39.7 Å². The van der Waals surface area contributed by atoms with Gasteiger partial charge in [0, 0.05) is 37.0 Å². The molecule has 4 nitrogen and oxygen atoms in total. The van der Waals surface area contributed by atoms with Gasteiger partial charge in [0.15, 0.2) is 0 Å². The Bertz CT molecular complexity index is 353. The maximum absolute atomic E-state index is 5.77. The molecule has 1 aliphatic heterocycles. The van der Waals surface area contributed by atoms with Crippen molar-refractivity contribution in [3.05, 3.63) is 5.82 Å². The minimum absolute atomic E-state index is 0.390. The number of rotatable bonds is 5. The third-order valence-electron chi connectivity index (χ3n) is 3.22. The SMILES string of the molecule is CCc1nsc(NC[C@H]2CCO[C@@H]2C(C)C)n1. The molecule has 0 radical (unpaired) electrons. The van der Waals surface area contributed by atoms with Crippen LogP contribution in [0.3, 0.4) is 0 Å². The molecule has 1 N–H and O–H groups in total.